The second kappa shape index (κ2) is 15.3. The molecule has 0 saturated heterocycles. The number of hydrogen-bond acceptors (Lipinski definition) is 3. The summed E-state index contributed by atoms with van der Waals surface area (Å²) in [7, 11) is 0. The maximum atomic E-state index is 11.5. The van der Waals surface area contributed by atoms with Crippen LogP contribution >= 0.6 is 0 Å². The molecule has 0 heterocycles. The van der Waals surface area contributed by atoms with Crippen LogP contribution in [-0.2, 0) is 14.3 Å². The van der Waals surface area contributed by atoms with E-state index in [0.29, 0.717) is 12.8 Å². The zero-order valence-electron chi connectivity index (χ0n) is 13.7. The Balaban J connectivity index is 3.39. The van der Waals surface area contributed by atoms with Crippen molar-refractivity contribution in [2.45, 2.75) is 90.4 Å². The quantitative estimate of drug-likeness (QED) is 0.188. The van der Waals surface area contributed by atoms with E-state index in [1.54, 1.807) is 0 Å². The lowest BCUT2D eigenvalue weighted by molar-refractivity contribution is -0.159. The van der Waals surface area contributed by atoms with E-state index in [9.17, 15) is 9.59 Å². The lowest BCUT2D eigenvalue weighted by atomic mass is 10.1. The van der Waals surface area contributed by atoms with Crippen LogP contribution in [0.4, 0.5) is 0 Å². The Labute approximate surface area is 130 Å². The van der Waals surface area contributed by atoms with Crippen LogP contribution in [-0.4, -0.2) is 11.9 Å². The molecule has 0 aliphatic rings. The van der Waals surface area contributed by atoms with E-state index in [1.165, 1.54) is 25.7 Å². The highest BCUT2D eigenvalue weighted by atomic mass is 16.6. The molecular formula is C18H32O3. The number of carbonyl (C=O) groups excluding carboxylic acids is 2. The molecule has 0 saturated carbocycles. The first-order chi connectivity index (χ1) is 10.2. The number of rotatable bonds is 14. The van der Waals surface area contributed by atoms with Crippen molar-refractivity contribution in [2.24, 2.45) is 0 Å². The van der Waals surface area contributed by atoms with Gasteiger partial charge in [-0.05, 0) is 25.7 Å². The Morgan fingerprint density at radius 1 is 0.810 bits per heavy atom. The van der Waals surface area contributed by atoms with Crippen LogP contribution < -0.4 is 0 Å². The third kappa shape index (κ3) is 15.1. The first kappa shape index (κ1) is 19.9. The molecule has 0 aromatic carbocycles. The van der Waals surface area contributed by atoms with Crippen LogP contribution in [0.25, 0.3) is 0 Å². The fraction of sp³-hybridized carbons (Fsp3) is 0.778. The molecule has 0 aliphatic carbocycles. The van der Waals surface area contributed by atoms with Crippen LogP contribution in [0.2, 0.25) is 0 Å². The summed E-state index contributed by atoms with van der Waals surface area (Å²) < 4.78 is 4.81. The minimum absolute atomic E-state index is 0.359. The third-order valence-electron chi connectivity index (χ3n) is 3.50. The Morgan fingerprint density at radius 2 is 1.29 bits per heavy atom. The number of ether oxygens (including phenoxy) is 1. The van der Waals surface area contributed by atoms with Gasteiger partial charge in [-0.3, -0.25) is 9.59 Å². The van der Waals surface area contributed by atoms with Gasteiger partial charge in [0, 0.05) is 12.8 Å². The number of esters is 2. The van der Waals surface area contributed by atoms with Crippen molar-refractivity contribution in [1.82, 2.24) is 0 Å². The Bertz CT molecular complexity index is 284. The largest absolute Gasteiger partial charge is 0.393 e. The van der Waals surface area contributed by atoms with E-state index >= 15 is 0 Å². The molecule has 0 bridgehead atoms. The van der Waals surface area contributed by atoms with Crippen LogP contribution in [0, 0.1) is 0 Å². The van der Waals surface area contributed by atoms with Gasteiger partial charge in [0.05, 0.1) is 0 Å². The predicted molar refractivity (Wildman–Crippen MR) is 87.0 cm³/mol. The average Bonchev–Trinajstić information content (AvgIpc) is 2.46. The molecule has 0 rings (SSSR count). The van der Waals surface area contributed by atoms with Gasteiger partial charge in [0.1, 0.15) is 0 Å². The van der Waals surface area contributed by atoms with Crippen LogP contribution in [0.3, 0.4) is 0 Å². The topological polar surface area (TPSA) is 43.4 Å². The van der Waals surface area contributed by atoms with Gasteiger partial charge < -0.3 is 4.74 Å². The summed E-state index contributed by atoms with van der Waals surface area (Å²) in [5, 5.41) is 0. The van der Waals surface area contributed by atoms with E-state index in [-0.39, 0.29) is 11.9 Å². The lowest BCUT2D eigenvalue weighted by Crippen LogP contribution is -2.11. The standard InChI is InChI=1S/C18H32O3/c1-3-5-7-9-10-12-14-16-18(20)21-17(19)15-13-11-8-6-4-2/h3H,1,4-16H2,2H3. The van der Waals surface area contributed by atoms with Gasteiger partial charge >= 0.3 is 11.9 Å². The van der Waals surface area contributed by atoms with E-state index in [2.05, 4.69) is 13.5 Å². The molecular weight excluding hydrogens is 264 g/mol. The highest BCUT2D eigenvalue weighted by Gasteiger charge is 2.09. The maximum absolute atomic E-state index is 11.5. The van der Waals surface area contributed by atoms with Gasteiger partial charge in [-0.15, -0.1) is 6.58 Å². The first-order valence-electron chi connectivity index (χ1n) is 8.55. The van der Waals surface area contributed by atoms with E-state index in [4.69, 9.17) is 4.74 Å². The number of allylic oxidation sites excluding steroid dienone is 1. The fourth-order valence-electron chi connectivity index (χ4n) is 2.19. The molecule has 0 N–H and O–H groups in total. The highest BCUT2D eigenvalue weighted by molar-refractivity contribution is 5.85. The lowest BCUT2D eigenvalue weighted by Gasteiger charge is -2.03. The van der Waals surface area contributed by atoms with Crippen LogP contribution in [0.5, 0.6) is 0 Å². The van der Waals surface area contributed by atoms with Crippen LogP contribution in [0.15, 0.2) is 12.7 Å². The molecule has 21 heavy (non-hydrogen) atoms. The molecule has 0 aromatic heterocycles. The Hall–Kier alpha value is -1.12. The molecule has 0 spiro atoms. The smallest absolute Gasteiger partial charge is 0.313 e. The summed E-state index contributed by atoms with van der Waals surface area (Å²) in [6.07, 6.45) is 14.5. The van der Waals surface area contributed by atoms with Crippen molar-refractivity contribution in [2.75, 3.05) is 0 Å². The van der Waals surface area contributed by atoms with Gasteiger partial charge in [-0.1, -0.05) is 57.9 Å². The minimum atomic E-state index is -0.361. The van der Waals surface area contributed by atoms with Gasteiger partial charge in [0.25, 0.3) is 0 Å². The SMILES string of the molecule is C=CCCCCCCCC(=O)OC(=O)CCCCCCC. The van der Waals surface area contributed by atoms with Gasteiger partial charge in [0.2, 0.25) is 0 Å². The number of carbonyl (C=O) groups is 2. The van der Waals surface area contributed by atoms with E-state index in [1.807, 2.05) is 6.08 Å². The van der Waals surface area contributed by atoms with Gasteiger partial charge in [0.15, 0.2) is 0 Å². The Morgan fingerprint density at radius 3 is 1.81 bits per heavy atom. The zero-order valence-corrected chi connectivity index (χ0v) is 13.7. The van der Waals surface area contributed by atoms with E-state index < -0.39 is 0 Å². The zero-order chi connectivity index (χ0) is 15.8. The molecule has 0 unspecified atom stereocenters. The number of hydrogen-bond donors (Lipinski definition) is 0. The molecule has 0 radical (unpaired) electrons. The first-order valence-corrected chi connectivity index (χ1v) is 8.55. The summed E-state index contributed by atoms with van der Waals surface area (Å²) in [4.78, 5) is 22.9. The van der Waals surface area contributed by atoms with Crippen molar-refractivity contribution in [3.05, 3.63) is 12.7 Å². The average molecular weight is 296 g/mol. The summed E-state index contributed by atoms with van der Waals surface area (Å²) in [5.74, 6) is -0.720. The minimum Gasteiger partial charge on any atom is -0.393 e. The molecule has 0 aliphatic heterocycles. The molecule has 0 amide bonds. The van der Waals surface area contributed by atoms with Crippen molar-refractivity contribution in [3.8, 4) is 0 Å². The van der Waals surface area contributed by atoms with Gasteiger partial charge in [-0.25, -0.2) is 0 Å². The Kier molecular flexibility index (Phi) is 14.5. The monoisotopic (exact) mass is 296 g/mol. The van der Waals surface area contributed by atoms with Crippen molar-refractivity contribution < 1.29 is 14.3 Å². The van der Waals surface area contributed by atoms with Crippen molar-refractivity contribution >= 4 is 11.9 Å². The summed E-state index contributed by atoms with van der Waals surface area (Å²) in [5.41, 5.74) is 0. The summed E-state index contributed by atoms with van der Waals surface area (Å²) >= 11 is 0. The van der Waals surface area contributed by atoms with Crippen molar-refractivity contribution in [3.63, 3.8) is 0 Å². The van der Waals surface area contributed by atoms with Gasteiger partial charge in [-0.2, -0.15) is 0 Å². The maximum Gasteiger partial charge on any atom is 0.313 e. The molecule has 0 fully saturated rings. The van der Waals surface area contributed by atoms with Crippen molar-refractivity contribution in [1.29, 1.82) is 0 Å². The van der Waals surface area contributed by atoms with Crippen LogP contribution in [0.1, 0.15) is 90.4 Å². The summed E-state index contributed by atoms with van der Waals surface area (Å²) in [6, 6.07) is 0. The summed E-state index contributed by atoms with van der Waals surface area (Å²) in [6.45, 7) is 5.85. The molecule has 0 aromatic rings. The molecule has 3 nitrogen and oxygen atoms in total. The normalized spacial score (nSPS) is 10.3. The second-order valence-corrected chi connectivity index (χ2v) is 5.61. The van der Waals surface area contributed by atoms with E-state index in [0.717, 1.165) is 44.9 Å². The fourth-order valence-corrected chi connectivity index (χ4v) is 2.19. The molecule has 3 heteroatoms. The molecule has 122 valence electrons. The second-order valence-electron chi connectivity index (χ2n) is 5.61. The highest BCUT2D eigenvalue weighted by Crippen LogP contribution is 2.09. The predicted octanol–water partition coefficient (Wildman–Crippen LogP) is 5.33. The molecule has 0 atom stereocenters. The third-order valence-corrected chi connectivity index (χ3v) is 3.50. The number of unbranched alkanes of at least 4 members (excludes halogenated alkanes) is 9.